The summed E-state index contributed by atoms with van der Waals surface area (Å²) in [6.07, 6.45) is 3.80. The standard InChI is InChI=1S/C38H27NS/c1-38(2)32-21-25(18-19-31(32)37-33(38)22-34(40-37)26-13-10-20-39-23-26)36-29-16-8-6-14-27(29)35(24-11-4-3-5-12-24)28-15-7-9-17-30(28)36/h3-23H,1-2H3. The lowest BCUT2D eigenvalue weighted by molar-refractivity contribution is 0.662. The highest BCUT2D eigenvalue weighted by Crippen LogP contribution is 2.55. The van der Waals surface area contributed by atoms with Crippen LogP contribution in [0, 0.1) is 0 Å². The minimum atomic E-state index is -0.0762. The maximum Gasteiger partial charge on any atom is 0.0393 e. The van der Waals surface area contributed by atoms with Crippen LogP contribution in [0.4, 0.5) is 0 Å². The minimum absolute atomic E-state index is 0.0762. The van der Waals surface area contributed by atoms with Gasteiger partial charge in [-0.25, -0.2) is 0 Å². The Morgan fingerprint density at radius 2 is 1.15 bits per heavy atom. The Morgan fingerprint density at radius 3 is 1.77 bits per heavy atom. The third kappa shape index (κ3) is 3.36. The molecule has 0 saturated heterocycles. The Balaban J connectivity index is 1.37. The van der Waals surface area contributed by atoms with Crippen LogP contribution in [0.25, 0.3) is 64.7 Å². The van der Waals surface area contributed by atoms with E-state index in [0.717, 1.165) is 0 Å². The summed E-state index contributed by atoms with van der Waals surface area (Å²) in [5, 5.41) is 5.18. The second-order valence-corrected chi connectivity index (χ2v) is 12.2. The van der Waals surface area contributed by atoms with Crippen molar-refractivity contribution in [2.75, 3.05) is 0 Å². The van der Waals surface area contributed by atoms with E-state index in [-0.39, 0.29) is 5.41 Å². The SMILES string of the molecule is CC1(C)c2cc(-c3c4ccccc4c(-c4ccccc4)c4ccccc34)ccc2-c2sc(-c3cccnc3)cc21. The van der Waals surface area contributed by atoms with Gasteiger partial charge in [-0.05, 0) is 78.7 Å². The first kappa shape index (κ1) is 23.4. The van der Waals surface area contributed by atoms with Crippen LogP contribution in [0.1, 0.15) is 25.0 Å². The lowest BCUT2D eigenvalue weighted by Crippen LogP contribution is -2.14. The third-order valence-corrected chi connectivity index (χ3v) is 9.79. The highest BCUT2D eigenvalue weighted by atomic mass is 32.1. The van der Waals surface area contributed by atoms with E-state index in [2.05, 4.69) is 128 Å². The molecule has 190 valence electrons. The molecular weight excluding hydrogens is 502 g/mol. The molecule has 0 bridgehead atoms. The molecule has 0 spiro atoms. The van der Waals surface area contributed by atoms with Gasteiger partial charge in [0.2, 0.25) is 0 Å². The molecule has 2 aromatic heterocycles. The van der Waals surface area contributed by atoms with Crippen molar-refractivity contribution in [3.8, 4) is 43.1 Å². The van der Waals surface area contributed by atoms with Gasteiger partial charge in [-0.1, -0.05) is 111 Å². The van der Waals surface area contributed by atoms with Crippen molar-refractivity contribution in [1.29, 1.82) is 0 Å². The lowest BCUT2D eigenvalue weighted by atomic mass is 9.80. The van der Waals surface area contributed by atoms with Crippen LogP contribution in [0.3, 0.4) is 0 Å². The topological polar surface area (TPSA) is 12.9 Å². The quantitative estimate of drug-likeness (QED) is 0.207. The molecule has 0 radical (unpaired) electrons. The zero-order valence-corrected chi connectivity index (χ0v) is 23.3. The smallest absolute Gasteiger partial charge is 0.0393 e. The normalized spacial score (nSPS) is 13.4. The molecule has 0 N–H and O–H groups in total. The van der Waals surface area contributed by atoms with Gasteiger partial charge in [0.05, 0.1) is 0 Å². The van der Waals surface area contributed by atoms with Crippen molar-refractivity contribution < 1.29 is 0 Å². The van der Waals surface area contributed by atoms with Gasteiger partial charge in [0, 0.05) is 33.1 Å². The second kappa shape index (κ2) is 8.74. The molecule has 0 unspecified atom stereocenters. The van der Waals surface area contributed by atoms with Crippen molar-refractivity contribution in [3.63, 3.8) is 0 Å². The molecule has 0 saturated carbocycles. The monoisotopic (exact) mass is 529 g/mol. The van der Waals surface area contributed by atoms with Crippen LogP contribution in [-0.4, -0.2) is 4.98 Å². The largest absolute Gasteiger partial charge is 0.264 e. The van der Waals surface area contributed by atoms with Crippen LogP contribution < -0.4 is 0 Å². The Morgan fingerprint density at radius 1 is 0.550 bits per heavy atom. The van der Waals surface area contributed by atoms with Gasteiger partial charge in [-0.3, -0.25) is 4.98 Å². The number of thiophene rings is 1. The molecule has 5 aromatic carbocycles. The number of aromatic nitrogens is 1. The number of nitrogens with zero attached hydrogens (tertiary/aromatic N) is 1. The van der Waals surface area contributed by atoms with E-state index in [0.29, 0.717) is 0 Å². The maximum absolute atomic E-state index is 4.35. The van der Waals surface area contributed by atoms with Gasteiger partial charge < -0.3 is 0 Å². The summed E-state index contributed by atoms with van der Waals surface area (Å²) in [4.78, 5) is 7.03. The Labute approximate surface area is 238 Å². The highest BCUT2D eigenvalue weighted by molar-refractivity contribution is 7.19. The fraction of sp³-hybridized carbons (Fsp3) is 0.0789. The number of rotatable bonds is 3. The maximum atomic E-state index is 4.35. The Bertz CT molecular complexity index is 2010. The van der Waals surface area contributed by atoms with E-state index >= 15 is 0 Å². The third-order valence-electron chi connectivity index (χ3n) is 8.57. The van der Waals surface area contributed by atoms with Gasteiger partial charge in [0.1, 0.15) is 0 Å². The molecule has 0 atom stereocenters. The fourth-order valence-corrected chi connectivity index (χ4v) is 7.97. The van der Waals surface area contributed by atoms with Gasteiger partial charge >= 0.3 is 0 Å². The summed E-state index contributed by atoms with van der Waals surface area (Å²) in [6, 6.07) is 42.3. The van der Waals surface area contributed by atoms with E-state index < -0.39 is 0 Å². The predicted octanol–water partition coefficient (Wildman–Crippen LogP) is 10.8. The molecule has 0 fully saturated rings. The van der Waals surface area contributed by atoms with Crippen molar-refractivity contribution in [3.05, 3.63) is 139 Å². The number of hydrogen-bond acceptors (Lipinski definition) is 2. The van der Waals surface area contributed by atoms with Crippen LogP contribution in [0.2, 0.25) is 0 Å². The first-order valence-corrected chi connectivity index (χ1v) is 14.6. The molecule has 0 aliphatic heterocycles. The highest BCUT2D eigenvalue weighted by Gasteiger charge is 2.38. The molecule has 8 rings (SSSR count). The van der Waals surface area contributed by atoms with E-state index in [1.165, 1.54) is 75.8 Å². The summed E-state index contributed by atoms with van der Waals surface area (Å²) in [5.74, 6) is 0. The Hall–Kier alpha value is -4.53. The molecule has 2 heterocycles. The first-order chi connectivity index (χ1) is 19.6. The molecule has 7 aromatic rings. The van der Waals surface area contributed by atoms with E-state index in [4.69, 9.17) is 0 Å². The van der Waals surface area contributed by atoms with Crippen molar-refractivity contribution in [1.82, 2.24) is 4.98 Å². The summed E-state index contributed by atoms with van der Waals surface area (Å²) in [6.45, 7) is 4.74. The summed E-state index contributed by atoms with van der Waals surface area (Å²) < 4.78 is 0. The van der Waals surface area contributed by atoms with Gasteiger partial charge in [-0.2, -0.15) is 0 Å². The van der Waals surface area contributed by atoms with Crippen molar-refractivity contribution >= 4 is 32.9 Å². The average Bonchev–Trinajstić information content (AvgIpc) is 3.54. The zero-order chi connectivity index (χ0) is 26.8. The molecule has 40 heavy (non-hydrogen) atoms. The molecule has 2 heteroatoms. The van der Waals surface area contributed by atoms with E-state index in [1.807, 2.05) is 29.8 Å². The van der Waals surface area contributed by atoms with Gasteiger partial charge in [0.25, 0.3) is 0 Å². The Kier molecular flexibility index (Phi) is 5.11. The average molecular weight is 530 g/mol. The lowest BCUT2D eigenvalue weighted by Gasteiger charge is -2.23. The zero-order valence-electron chi connectivity index (χ0n) is 22.5. The molecule has 1 nitrogen and oxygen atoms in total. The molecule has 1 aliphatic rings. The minimum Gasteiger partial charge on any atom is -0.264 e. The molecule has 0 amide bonds. The van der Waals surface area contributed by atoms with Crippen molar-refractivity contribution in [2.24, 2.45) is 0 Å². The van der Waals surface area contributed by atoms with Crippen molar-refractivity contribution in [2.45, 2.75) is 19.3 Å². The van der Waals surface area contributed by atoms with Gasteiger partial charge in [0.15, 0.2) is 0 Å². The molecule has 1 aliphatic carbocycles. The number of hydrogen-bond donors (Lipinski definition) is 0. The van der Waals surface area contributed by atoms with Crippen LogP contribution in [0.5, 0.6) is 0 Å². The van der Waals surface area contributed by atoms with E-state index in [9.17, 15) is 0 Å². The summed E-state index contributed by atoms with van der Waals surface area (Å²) in [7, 11) is 0. The van der Waals surface area contributed by atoms with Crippen LogP contribution >= 0.6 is 11.3 Å². The fourth-order valence-electron chi connectivity index (χ4n) is 6.62. The summed E-state index contributed by atoms with van der Waals surface area (Å²) >= 11 is 1.89. The first-order valence-electron chi connectivity index (χ1n) is 13.8. The van der Waals surface area contributed by atoms with Gasteiger partial charge in [-0.15, -0.1) is 11.3 Å². The number of pyridine rings is 1. The van der Waals surface area contributed by atoms with E-state index in [1.54, 1.807) is 0 Å². The van der Waals surface area contributed by atoms with Crippen LogP contribution in [-0.2, 0) is 5.41 Å². The number of benzene rings is 5. The number of fused-ring (bicyclic) bond motifs is 5. The summed E-state index contributed by atoms with van der Waals surface area (Å²) in [5.41, 5.74) is 10.4. The molecular formula is C38H27NS. The van der Waals surface area contributed by atoms with Crippen LogP contribution in [0.15, 0.2) is 128 Å². The predicted molar refractivity (Wildman–Crippen MR) is 171 cm³/mol. The second-order valence-electron chi connectivity index (χ2n) is 11.2.